The van der Waals surface area contributed by atoms with E-state index in [2.05, 4.69) is 12.1 Å². The molecule has 1 aromatic carbocycles. The molecule has 80 valence electrons. The lowest BCUT2D eigenvalue weighted by Gasteiger charge is -2.11. The Kier molecular flexibility index (Phi) is 3.07. The Bertz CT molecular complexity index is 339. The molecule has 0 aromatic heterocycles. The van der Waals surface area contributed by atoms with Gasteiger partial charge >= 0.3 is 0 Å². The summed E-state index contributed by atoms with van der Waals surface area (Å²) in [5.41, 5.74) is 1.23. The Balaban J connectivity index is 2.02. The van der Waals surface area contributed by atoms with Crippen molar-refractivity contribution in [3.63, 3.8) is 0 Å². The maximum atomic E-state index is 9.15. The van der Waals surface area contributed by atoms with Gasteiger partial charge in [0.1, 0.15) is 0 Å². The monoisotopic (exact) mass is 204 g/mol. The normalized spacial score (nSPS) is 26.9. The minimum absolute atomic E-state index is 0.0696. The highest BCUT2D eigenvalue weighted by atomic mass is 16.5. The molecule has 0 spiro atoms. The van der Waals surface area contributed by atoms with Crippen LogP contribution in [0.5, 0.6) is 0 Å². The molecule has 2 rings (SSSR count). The molecule has 0 radical (unpaired) electrons. The quantitative estimate of drug-likeness (QED) is 0.748. The fourth-order valence-corrected chi connectivity index (χ4v) is 1.97. The third-order valence-corrected chi connectivity index (χ3v) is 2.65. The molecule has 2 atom stereocenters. The van der Waals surface area contributed by atoms with E-state index >= 15 is 0 Å². The molecule has 0 saturated carbocycles. The van der Waals surface area contributed by atoms with E-state index in [9.17, 15) is 0 Å². The second-order valence-corrected chi connectivity index (χ2v) is 3.96. The highest BCUT2D eigenvalue weighted by molar-refractivity contribution is 5.18. The van der Waals surface area contributed by atoms with Gasteiger partial charge in [-0.2, -0.15) is 0 Å². The van der Waals surface area contributed by atoms with Crippen LogP contribution in [0, 0.1) is 0 Å². The largest absolute Gasteiger partial charge is 0.513 e. The zero-order valence-electron chi connectivity index (χ0n) is 8.89. The van der Waals surface area contributed by atoms with Crippen LogP contribution in [0.4, 0.5) is 0 Å². The highest BCUT2D eigenvalue weighted by Crippen LogP contribution is 2.33. The summed E-state index contributed by atoms with van der Waals surface area (Å²) in [6.45, 7) is 1.68. The van der Waals surface area contributed by atoms with Crippen molar-refractivity contribution < 1.29 is 9.84 Å². The molecule has 1 aliphatic heterocycles. The van der Waals surface area contributed by atoms with Crippen molar-refractivity contribution in [2.75, 3.05) is 0 Å². The number of allylic oxidation sites excluding steroid dienone is 1. The highest BCUT2D eigenvalue weighted by Gasteiger charge is 2.24. The first-order valence-corrected chi connectivity index (χ1v) is 5.33. The summed E-state index contributed by atoms with van der Waals surface area (Å²) in [4.78, 5) is 0. The molecule has 1 heterocycles. The van der Waals surface area contributed by atoms with Crippen LogP contribution < -0.4 is 0 Å². The van der Waals surface area contributed by atoms with Gasteiger partial charge in [0.05, 0.1) is 18.0 Å². The van der Waals surface area contributed by atoms with Crippen molar-refractivity contribution in [3.05, 3.63) is 47.7 Å². The summed E-state index contributed by atoms with van der Waals surface area (Å²) in [5.74, 6) is 0.341. The molecule has 1 fully saturated rings. The van der Waals surface area contributed by atoms with Gasteiger partial charge < -0.3 is 9.84 Å². The lowest BCUT2D eigenvalue weighted by molar-refractivity contribution is 0.0693. The molecule has 2 unspecified atom stereocenters. The van der Waals surface area contributed by atoms with Crippen molar-refractivity contribution in [2.45, 2.75) is 32.0 Å². The zero-order valence-corrected chi connectivity index (χ0v) is 8.89. The van der Waals surface area contributed by atoms with Gasteiger partial charge in [-0.15, -0.1) is 0 Å². The average molecular weight is 204 g/mol. The van der Waals surface area contributed by atoms with E-state index < -0.39 is 0 Å². The molecule has 1 N–H and O–H groups in total. The van der Waals surface area contributed by atoms with E-state index in [0.29, 0.717) is 5.76 Å². The number of benzene rings is 1. The van der Waals surface area contributed by atoms with E-state index in [4.69, 9.17) is 9.84 Å². The summed E-state index contributed by atoms with van der Waals surface area (Å²) in [7, 11) is 0. The third-order valence-electron chi connectivity index (χ3n) is 2.65. The lowest BCUT2D eigenvalue weighted by Crippen LogP contribution is -2.03. The molecule has 0 amide bonds. The Hall–Kier alpha value is -1.28. The molecular formula is C13H16O2. The topological polar surface area (TPSA) is 29.5 Å². The number of aliphatic hydroxyl groups excluding tert-OH is 1. The predicted molar refractivity (Wildman–Crippen MR) is 59.7 cm³/mol. The summed E-state index contributed by atoms with van der Waals surface area (Å²) in [5, 5.41) is 9.15. The molecule has 1 saturated heterocycles. The van der Waals surface area contributed by atoms with Gasteiger partial charge in [-0.3, -0.25) is 0 Å². The number of ether oxygens (including phenoxy) is 1. The van der Waals surface area contributed by atoms with Gasteiger partial charge in [0.15, 0.2) is 0 Å². The molecular weight excluding hydrogens is 188 g/mol. The maximum absolute atomic E-state index is 9.15. The summed E-state index contributed by atoms with van der Waals surface area (Å²) in [6, 6.07) is 10.2. The van der Waals surface area contributed by atoms with Crippen LogP contribution in [-0.2, 0) is 4.74 Å². The van der Waals surface area contributed by atoms with Crippen molar-refractivity contribution >= 4 is 0 Å². The van der Waals surface area contributed by atoms with E-state index in [1.54, 1.807) is 13.0 Å². The van der Waals surface area contributed by atoms with Gasteiger partial charge in [-0.05, 0) is 31.4 Å². The van der Waals surface area contributed by atoms with Gasteiger partial charge in [-0.1, -0.05) is 30.3 Å². The summed E-state index contributed by atoms with van der Waals surface area (Å²) < 4.78 is 5.82. The van der Waals surface area contributed by atoms with Crippen LogP contribution >= 0.6 is 0 Å². The fourth-order valence-electron chi connectivity index (χ4n) is 1.97. The van der Waals surface area contributed by atoms with Crippen LogP contribution in [0.3, 0.4) is 0 Å². The van der Waals surface area contributed by atoms with E-state index in [1.807, 2.05) is 18.2 Å². The molecule has 0 bridgehead atoms. The smallest absolute Gasteiger partial charge is 0.0877 e. The average Bonchev–Trinajstić information content (AvgIpc) is 2.67. The van der Waals surface area contributed by atoms with Crippen molar-refractivity contribution in [1.82, 2.24) is 0 Å². The Morgan fingerprint density at radius 2 is 2.07 bits per heavy atom. The summed E-state index contributed by atoms with van der Waals surface area (Å²) in [6.07, 6.45) is 4.05. The van der Waals surface area contributed by atoms with Gasteiger partial charge in [-0.25, -0.2) is 0 Å². The zero-order chi connectivity index (χ0) is 10.7. The third kappa shape index (κ3) is 2.60. The first-order chi connectivity index (χ1) is 7.25. The van der Waals surface area contributed by atoms with Crippen LogP contribution in [0.15, 0.2) is 42.2 Å². The van der Waals surface area contributed by atoms with Gasteiger partial charge in [0.25, 0.3) is 0 Å². The fraction of sp³-hybridized carbons (Fsp3) is 0.385. The molecule has 2 nitrogen and oxygen atoms in total. The number of rotatable bonds is 2. The van der Waals surface area contributed by atoms with Crippen molar-refractivity contribution in [2.24, 2.45) is 0 Å². The van der Waals surface area contributed by atoms with Crippen LogP contribution in [0.2, 0.25) is 0 Å². The predicted octanol–water partition coefficient (Wildman–Crippen LogP) is 3.37. The Morgan fingerprint density at radius 1 is 1.33 bits per heavy atom. The van der Waals surface area contributed by atoms with E-state index in [1.165, 1.54) is 5.56 Å². The molecule has 15 heavy (non-hydrogen) atoms. The van der Waals surface area contributed by atoms with E-state index in [-0.39, 0.29) is 12.2 Å². The first-order valence-electron chi connectivity index (χ1n) is 5.33. The molecule has 0 aliphatic carbocycles. The first kappa shape index (κ1) is 10.2. The number of hydrogen-bond donors (Lipinski definition) is 1. The standard InChI is InChI=1S/C13H16O2/c1-10(14)9-12-7-8-13(15-12)11-5-3-2-4-6-11/h2-6,9,12-14H,7-8H2,1H3/b10-9-. The van der Waals surface area contributed by atoms with Gasteiger partial charge in [0, 0.05) is 0 Å². The summed E-state index contributed by atoms with van der Waals surface area (Å²) >= 11 is 0. The minimum atomic E-state index is 0.0696. The number of hydrogen-bond acceptors (Lipinski definition) is 2. The number of aliphatic hydroxyl groups is 1. The lowest BCUT2D eigenvalue weighted by atomic mass is 10.1. The second kappa shape index (κ2) is 4.49. The van der Waals surface area contributed by atoms with Crippen LogP contribution in [-0.4, -0.2) is 11.2 Å². The van der Waals surface area contributed by atoms with Crippen LogP contribution in [0.25, 0.3) is 0 Å². The Labute approximate surface area is 90.2 Å². The SMILES string of the molecule is C/C(O)=C/C1CCC(c2ccccc2)O1. The van der Waals surface area contributed by atoms with Crippen molar-refractivity contribution in [1.29, 1.82) is 0 Å². The molecule has 1 aromatic rings. The minimum Gasteiger partial charge on any atom is -0.513 e. The van der Waals surface area contributed by atoms with E-state index in [0.717, 1.165) is 12.8 Å². The molecule has 2 heteroatoms. The molecule has 1 aliphatic rings. The van der Waals surface area contributed by atoms with Crippen molar-refractivity contribution in [3.8, 4) is 0 Å². The Morgan fingerprint density at radius 3 is 2.73 bits per heavy atom. The second-order valence-electron chi connectivity index (χ2n) is 3.96. The van der Waals surface area contributed by atoms with Gasteiger partial charge in [0.2, 0.25) is 0 Å². The maximum Gasteiger partial charge on any atom is 0.0877 e. The van der Waals surface area contributed by atoms with Crippen LogP contribution in [0.1, 0.15) is 31.4 Å².